The second-order valence-electron chi connectivity index (χ2n) is 2.13. The summed E-state index contributed by atoms with van der Waals surface area (Å²) in [6.45, 7) is 0. The van der Waals surface area contributed by atoms with Gasteiger partial charge >= 0.3 is 0 Å². The minimum atomic E-state index is 0.179. The number of fused-ring (bicyclic) bond motifs is 1. The van der Waals surface area contributed by atoms with E-state index < -0.39 is 0 Å². The predicted octanol–water partition coefficient (Wildman–Crippen LogP) is 2.30. The van der Waals surface area contributed by atoms with Gasteiger partial charge in [-0.05, 0) is 22.0 Å². The van der Waals surface area contributed by atoms with Gasteiger partial charge in [-0.25, -0.2) is 4.98 Å². The normalized spacial score (nSPS) is 10.6. The van der Waals surface area contributed by atoms with Crippen LogP contribution in [-0.4, -0.2) is 10.1 Å². The molecule has 2 aromatic rings. The molecule has 0 spiro atoms. The minimum Gasteiger partial charge on any atom is -0.508 e. The first-order valence-corrected chi connectivity index (χ1v) is 3.78. The van der Waals surface area contributed by atoms with Crippen molar-refractivity contribution in [2.75, 3.05) is 0 Å². The van der Waals surface area contributed by atoms with Crippen molar-refractivity contribution in [3.8, 4) is 5.75 Å². The molecule has 56 valence electrons. The van der Waals surface area contributed by atoms with Gasteiger partial charge in [0.2, 0.25) is 0 Å². The molecule has 0 aliphatic rings. The number of rotatable bonds is 0. The van der Waals surface area contributed by atoms with E-state index in [1.54, 1.807) is 12.1 Å². The van der Waals surface area contributed by atoms with Gasteiger partial charge in [0, 0.05) is 6.07 Å². The number of oxazole rings is 1. The van der Waals surface area contributed by atoms with Crippen LogP contribution >= 0.6 is 15.9 Å². The molecule has 0 aliphatic heterocycles. The standard InChI is InChI=1S/C7H4BrNO2/c8-5-1-4(10)2-6-7(5)11-3-9-6/h1-3,10H. The Hall–Kier alpha value is -1.03. The fourth-order valence-corrected chi connectivity index (χ4v) is 1.44. The zero-order valence-electron chi connectivity index (χ0n) is 5.41. The fourth-order valence-electron chi connectivity index (χ4n) is 0.913. The molecule has 1 aromatic heterocycles. The van der Waals surface area contributed by atoms with Crippen LogP contribution in [0.1, 0.15) is 0 Å². The highest BCUT2D eigenvalue weighted by Gasteiger charge is 2.04. The summed E-state index contributed by atoms with van der Waals surface area (Å²) in [7, 11) is 0. The highest BCUT2D eigenvalue weighted by molar-refractivity contribution is 9.10. The molecular formula is C7H4BrNO2. The SMILES string of the molecule is Oc1cc(Br)c2ocnc2c1. The summed E-state index contributed by atoms with van der Waals surface area (Å²) in [5.41, 5.74) is 1.31. The minimum absolute atomic E-state index is 0.179. The molecule has 3 nitrogen and oxygen atoms in total. The molecule has 0 unspecified atom stereocenters. The Labute approximate surface area is 70.8 Å². The van der Waals surface area contributed by atoms with Crippen LogP contribution in [-0.2, 0) is 0 Å². The Morgan fingerprint density at radius 2 is 2.27 bits per heavy atom. The zero-order chi connectivity index (χ0) is 7.84. The molecule has 0 saturated heterocycles. The first-order chi connectivity index (χ1) is 5.27. The van der Waals surface area contributed by atoms with Crippen molar-refractivity contribution in [2.45, 2.75) is 0 Å². The Balaban J connectivity index is 2.91. The van der Waals surface area contributed by atoms with Crippen LogP contribution in [0.25, 0.3) is 11.1 Å². The van der Waals surface area contributed by atoms with Crippen LogP contribution in [0.3, 0.4) is 0 Å². The summed E-state index contributed by atoms with van der Waals surface area (Å²) in [6, 6.07) is 3.11. The molecule has 1 aromatic carbocycles. The molecule has 1 heterocycles. The van der Waals surface area contributed by atoms with Crippen molar-refractivity contribution in [3.05, 3.63) is 23.0 Å². The van der Waals surface area contributed by atoms with Gasteiger partial charge < -0.3 is 9.52 Å². The summed E-state index contributed by atoms with van der Waals surface area (Å²) in [4.78, 5) is 3.88. The largest absolute Gasteiger partial charge is 0.508 e. The number of aromatic hydroxyl groups is 1. The molecule has 0 atom stereocenters. The molecule has 2 rings (SSSR count). The van der Waals surface area contributed by atoms with Gasteiger partial charge in [-0.15, -0.1) is 0 Å². The van der Waals surface area contributed by atoms with E-state index in [1.165, 1.54) is 6.39 Å². The van der Waals surface area contributed by atoms with Crippen molar-refractivity contribution in [2.24, 2.45) is 0 Å². The third-order valence-electron chi connectivity index (χ3n) is 1.37. The Bertz CT molecular complexity index is 396. The Morgan fingerprint density at radius 3 is 3.09 bits per heavy atom. The maximum Gasteiger partial charge on any atom is 0.182 e. The molecule has 1 N–H and O–H groups in total. The molecule has 11 heavy (non-hydrogen) atoms. The van der Waals surface area contributed by atoms with E-state index in [9.17, 15) is 0 Å². The maximum absolute atomic E-state index is 9.12. The number of nitrogens with zero attached hydrogens (tertiary/aromatic N) is 1. The number of hydrogen-bond donors (Lipinski definition) is 1. The van der Waals surface area contributed by atoms with Crippen LogP contribution in [0.5, 0.6) is 5.75 Å². The van der Waals surface area contributed by atoms with Gasteiger partial charge in [0.25, 0.3) is 0 Å². The zero-order valence-corrected chi connectivity index (χ0v) is 7.00. The van der Waals surface area contributed by atoms with Crippen molar-refractivity contribution in [1.82, 2.24) is 4.98 Å². The maximum atomic E-state index is 9.12. The van der Waals surface area contributed by atoms with E-state index in [-0.39, 0.29) is 5.75 Å². The van der Waals surface area contributed by atoms with E-state index in [1.807, 2.05) is 0 Å². The van der Waals surface area contributed by atoms with Crippen molar-refractivity contribution >= 4 is 27.0 Å². The number of phenolic OH excluding ortho intramolecular Hbond substituents is 1. The van der Waals surface area contributed by atoms with E-state index in [0.717, 1.165) is 0 Å². The van der Waals surface area contributed by atoms with E-state index in [2.05, 4.69) is 20.9 Å². The predicted molar refractivity (Wildman–Crippen MR) is 43.4 cm³/mol. The summed E-state index contributed by atoms with van der Waals surface area (Å²) in [6.07, 6.45) is 1.34. The topological polar surface area (TPSA) is 46.3 Å². The number of phenols is 1. The molecule has 0 amide bonds. The smallest absolute Gasteiger partial charge is 0.182 e. The average Bonchev–Trinajstić information content (AvgIpc) is 2.34. The van der Waals surface area contributed by atoms with Gasteiger partial charge in [-0.3, -0.25) is 0 Å². The Morgan fingerprint density at radius 1 is 1.45 bits per heavy atom. The van der Waals surface area contributed by atoms with E-state index in [0.29, 0.717) is 15.6 Å². The lowest BCUT2D eigenvalue weighted by Gasteiger charge is -1.92. The number of halogens is 1. The van der Waals surface area contributed by atoms with Gasteiger partial charge in [0.05, 0.1) is 4.47 Å². The van der Waals surface area contributed by atoms with E-state index in [4.69, 9.17) is 9.52 Å². The lowest BCUT2D eigenvalue weighted by Crippen LogP contribution is -1.70. The Kier molecular flexibility index (Phi) is 1.35. The molecule has 0 bridgehead atoms. The van der Waals surface area contributed by atoms with Crippen LogP contribution in [0.15, 0.2) is 27.4 Å². The summed E-state index contributed by atoms with van der Waals surface area (Å²) < 4.78 is 5.75. The molecular weight excluding hydrogens is 210 g/mol. The van der Waals surface area contributed by atoms with Gasteiger partial charge in [-0.2, -0.15) is 0 Å². The molecule has 0 saturated carbocycles. The van der Waals surface area contributed by atoms with Gasteiger partial charge in [0.1, 0.15) is 11.3 Å². The molecule has 0 radical (unpaired) electrons. The number of benzene rings is 1. The highest BCUT2D eigenvalue weighted by Crippen LogP contribution is 2.27. The molecule has 0 aliphatic carbocycles. The van der Waals surface area contributed by atoms with Gasteiger partial charge in [0.15, 0.2) is 12.0 Å². The number of hydrogen-bond acceptors (Lipinski definition) is 3. The van der Waals surface area contributed by atoms with Crippen LogP contribution in [0, 0.1) is 0 Å². The molecule has 4 heteroatoms. The quantitative estimate of drug-likeness (QED) is 0.731. The summed E-state index contributed by atoms with van der Waals surface area (Å²) >= 11 is 3.23. The highest BCUT2D eigenvalue weighted by atomic mass is 79.9. The average molecular weight is 214 g/mol. The third kappa shape index (κ3) is 0.991. The van der Waals surface area contributed by atoms with Crippen LogP contribution in [0.2, 0.25) is 0 Å². The second-order valence-corrected chi connectivity index (χ2v) is 2.98. The van der Waals surface area contributed by atoms with Crippen LogP contribution in [0.4, 0.5) is 0 Å². The second kappa shape index (κ2) is 2.23. The van der Waals surface area contributed by atoms with Crippen molar-refractivity contribution in [1.29, 1.82) is 0 Å². The fraction of sp³-hybridized carbons (Fsp3) is 0. The van der Waals surface area contributed by atoms with Crippen molar-refractivity contribution < 1.29 is 9.52 Å². The number of aromatic nitrogens is 1. The summed E-state index contributed by atoms with van der Waals surface area (Å²) in [5, 5.41) is 9.12. The third-order valence-corrected chi connectivity index (χ3v) is 1.96. The van der Waals surface area contributed by atoms with Crippen molar-refractivity contribution in [3.63, 3.8) is 0 Å². The summed E-state index contributed by atoms with van der Waals surface area (Å²) in [5.74, 6) is 0.179. The van der Waals surface area contributed by atoms with Crippen LogP contribution < -0.4 is 0 Å². The monoisotopic (exact) mass is 213 g/mol. The molecule has 0 fully saturated rings. The lowest BCUT2D eigenvalue weighted by atomic mass is 10.3. The lowest BCUT2D eigenvalue weighted by molar-refractivity contribution is 0.475. The first kappa shape index (κ1) is 6.67. The van der Waals surface area contributed by atoms with Gasteiger partial charge in [-0.1, -0.05) is 0 Å². The first-order valence-electron chi connectivity index (χ1n) is 2.99. The van der Waals surface area contributed by atoms with E-state index >= 15 is 0 Å².